The van der Waals surface area contributed by atoms with Gasteiger partial charge in [-0.25, -0.2) is 9.59 Å². The lowest BCUT2D eigenvalue weighted by Gasteiger charge is -2.37. The average molecular weight is 559 g/mol. The van der Waals surface area contributed by atoms with E-state index in [1.54, 1.807) is 41.3 Å². The Morgan fingerprint density at radius 2 is 1.91 bits per heavy atom. The number of esters is 1. The number of piperidine rings is 1. The molecule has 1 aromatic rings. The van der Waals surface area contributed by atoms with Gasteiger partial charge in [-0.2, -0.15) is 0 Å². The van der Waals surface area contributed by atoms with Gasteiger partial charge in [0.25, 0.3) is 0 Å². The van der Waals surface area contributed by atoms with Gasteiger partial charge in [0.1, 0.15) is 5.60 Å². The molecule has 1 amide bonds. The summed E-state index contributed by atoms with van der Waals surface area (Å²) in [5.74, 6) is -0.455. The first-order valence-corrected chi connectivity index (χ1v) is 11.6. The molecule has 2 aliphatic heterocycles. The number of alkyl halides is 3. The minimum Gasteiger partial charge on any atom is -0.465 e. The van der Waals surface area contributed by atoms with Crippen molar-refractivity contribution in [3.8, 4) is 0 Å². The minimum absolute atomic E-state index is 0.390. The topological polar surface area (TPSA) is 68.3 Å². The van der Waals surface area contributed by atoms with Crippen molar-refractivity contribution in [2.24, 2.45) is 0 Å². The molecule has 2 aliphatic rings. The van der Waals surface area contributed by atoms with E-state index in [0.717, 1.165) is 5.57 Å². The largest absolute Gasteiger partial charge is 0.522 e. The molecule has 1 aromatic carbocycles. The molecule has 35 heavy (non-hydrogen) atoms. The maximum atomic E-state index is 12.6. The first kappa shape index (κ1) is 27.0. The number of hydrogen-bond acceptors (Lipinski definition) is 6. The van der Waals surface area contributed by atoms with E-state index in [2.05, 4.69) is 32.1 Å². The number of ether oxygens (including phenoxy) is 3. The molecule has 0 radical (unpaired) electrons. The van der Waals surface area contributed by atoms with E-state index in [-0.39, 0.29) is 0 Å². The van der Waals surface area contributed by atoms with Gasteiger partial charge in [-0.1, -0.05) is 34.7 Å². The third kappa shape index (κ3) is 7.68. The highest BCUT2D eigenvalue weighted by Gasteiger charge is 2.47. The first-order valence-electron chi connectivity index (χ1n) is 10.8. The van der Waals surface area contributed by atoms with Crippen molar-refractivity contribution in [3.05, 3.63) is 64.7 Å². The van der Waals surface area contributed by atoms with E-state index in [1.807, 2.05) is 0 Å². The Balaban J connectivity index is 1.58. The maximum absolute atomic E-state index is 12.6. The summed E-state index contributed by atoms with van der Waals surface area (Å²) in [5, 5.41) is 0. The quantitative estimate of drug-likeness (QED) is 0.323. The highest BCUT2D eigenvalue weighted by Crippen LogP contribution is 2.36. The van der Waals surface area contributed by atoms with Crippen LogP contribution in [0.1, 0.15) is 23.2 Å². The Kier molecular flexibility index (Phi) is 8.79. The van der Waals surface area contributed by atoms with Crippen LogP contribution >= 0.6 is 15.9 Å². The highest BCUT2D eigenvalue weighted by molar-refractivity contribution is 9.11. The molecule has 0 aliphatic carbocycles. The van der Waals surface area contributed by atoms with E-state index in [0.29, 0.717) is 54.8 Å². The molecule has 3 rings (SSSR count). The summed E-state index contributed by atoms with van der Waals surface area (Å²) < 4.78 is 51.4. The van der Waals surface area contributed by atoms with Crippen LogP contribution in [-0.2, 0) is 14.2 Å². The lowest BCUT2D eigenvalue weighted by molar-refractivity contribution is -0.319. The number of benzene rings is 1. The zero-order valence-corrected chi connectivity index (χ0v) is 20.7. The molecule has 7 nitrogen and oxygen atoms in total. The number of rotatable bonds is 8. The van der Waals surface area contributed by atoms with Gasteiger partial charge < -0.3 is 9.47 Å². The smallest absolute Gasteiger partial charge is 0.465 e. The second-order valence-corrected chi connectivity index (χ2v) is 9.30. The Morgan fingerprint density at radius 3 is 2.49 bits per heavy atom. The molecule has 0 saturated carbocycles. The van der Waals surface area contributed by atoms with Crippen molar-refractivity contribution >= 4 is 33.7 Å². The number of nitrogens with zero attached hydrogens (tertiary/aromatic N) is 2. The fourth-order valence-electron chi connectivity index (χ4n) is 4.04. The standard InChI is InChI=1S/C24H26BrF3N2O5/c1-17(25)14-18(4-3-13-34-24(26,27)28)15-29-11-9-23(10-12-29)16-30(22(32)35-23)20-7-5-19(6-8-20)21(31)33-2/h3-8,14H,1,9-13,15-16H2,2H3/b4-3-,18-14+. The van der Waals surface area contributed by atoms with Crippen molar-refractivity contribution in [2.75, 3.05) is 44.8 Å². The second-order valence-electron chi connectivity index (χ2n) is 8.28. The van der Waals surface area contributed by atoms with Crippen molar-refractivity contribution in [1.82, 2.24) is 4.90 Å². The van der Waals surface area contributed by atoms with Crippen molar-refractivity contribution in [1.29, 1.82) is 0 Å². The molecule has 11 heteroatoms. The molecular formula is C24H26BrF3N2O5. The van der Waals surface area contributed by atoms with Crippen LogP contribution in [0.25, 0.3) is 0 Å². The summed E-state index contributed by atoms with van der Waals surface area (Å²) >= 11 is 3.26. The Morgan fingerprint density at radius 1 is 1.26 bits per heavy atom. The van der Waals surface area contributed by atoms with Crippen LogP contribution in [0, 0.1) is 0 Å². The monoisotopic (exact) mass is 558 g/mol. The fraction of sp³-hybridized carbons (Fsp3) is 0.417. The molecule has 2 saturated heterocycles. The van der Waals surface area contributed by atoms with E-state index < -0.39 is 30.6 Å². The van der Waals surface area contributed by atoms with E-state index in [1.165, 1.54) is 13.2 Å². The molecule has 0 atom stereocenters. The van der Waals surface area contributed by atoms with Crippen LogP contribution in [-0.4, -0.2) is 68.8 Å². The van der Waals surface area contributed by atoms with E-state index in [4.69, 9.17) is 9.47 Å². The predicted octanol–water partition coefficient (Wildman–Crippen LogP) is 5.19. The number of methoxy groups -OCH3 is 1. The zero-order valence-electron chi connectivity index (χ0n) is 19.1. The molecule has 0 unspecified atom stereocenters. The molecule has 2 heterocycles. The second kappa shape index (κ2) is 11.4. The Bertz CT molecular complexity index is 999. The van der Waals surface area contributed by atoms with Gasteiger partial charge in [0.2, 0.25) is 0 Å². The summed E-state index contributed by atoms with van der Waals surface area (Å²) in [7, 11) is 1.30. The van der Waals surface area contributed by atoms with Crippen LogP contribution in [0.15, 0.2) is 59.1 Å². The molecule has 0 aromatic heterocycles. The number of carbonyl (C=O) groups excluding carboxylic acids is 2. The van der Waals surface area contributed by atoms with Gasteiger partial charge in [-0.3, -0.25) is 14.5 Å². The van der Waals surface area contributed by atoms with E-state index >= 15 is 0 Å². The highest BCUT2D eigenvalue weighted by atomic mass is 79.9. The number of halogens is 4. The molecule has 1 spiro atoms. The summed E-state index contributed by atoms with van der Waals surface area (Å²) in [6.07, 6.45) is 0.736. The molecule has 0 N–H and O–H groups in total. The fourth-order valence-corrected chi connectivity index (χ4v) is 4.34. The number of allylic oxidation sites excluding steroid dienone is 2. The average Bonchev–Trinajstić information content (AvgIpc) is 3.12. The predicted molar refractivity (Wildman–Crippen MR) is 127 cm³/mol. The lowest BCUT2D eigenvalue weighted by Crippen LogP contribution is -2.47. The molecule has 0 bridgehead atoms. The van der Waals surface area contributed by atoms with Crippen LogP contribution in [0.5, 0.6) is 0 Å². The van der Waals surface area contributed by atoms with Crippen LogP contribution < -0.4 is 4.90 Å². The van der Waals surface area contributed by atoms with Gasteiger partial charge >= 0.3 is 18.4 Å². The van der Waals surface area contributed by atoms with Crippen LogP contribution in [0.4, 0.5) is 23.7 Å². The number of amides is 1. The van der Waals surface area contributed by atoms with Gasteiger partial charge in [-0.15, -0.1) is 13.2 Å². The van der Waals surface area contributed by atoms with Crippen molar-refractivity contribution < 1.29 is 37.0 Å². The van der Waals surface area contributed by atoms with Gasteiger partial charge in [0, 0.05) is 42.6 Å². The van der Waals surface area contributed by atoms with Gasteiger partial charge in [0.15, 0.2) is 0 Å². The zero-order chi connectivity index (χ0) is 25.6. The summed E-state index contributed by atoms with van der Waals surface area (Å²) in [6.45, 7) is 5.36. The van der Waals surface area contributed by atoms with Crippen molar-refractivity contribution in [2.45, 2.75) is 24.8 Å². The number of carbonyl (C=O) groups is 2. The normalized spacial score (nSPS) is 18.8. The number of likely N-dealkylation sites (tertiary alicyclic amines) is 1. The SMILES string of the molecule is C=C(Br)/C=C(\C=C/COC(F)(F)F)CN1CCC2(CC1)CN(c1ccc(C(=O)OC)cc1)C(=O)O2. The molecule has 2 fully saturated rings. The molecule has 190 valence electrons. The lowest BCUT2D eigenvalue weighted by atomic mass is 9.91. The van der Waals surface area contributed by atoms with Crippen molar-refractivity contribution in [3.63, 3.8) is 0 Å². The van der Waals surface area contributed by atoms with Crippen LogP contribution in [0.3, 0.4) is 0 Å². The van der Waals surface area contributed by atoms with Gasteiger partial charge in [0.05, 0.1) is 25.8 Å². The number of anilines is 1. The third-order valence-electron chi connectivity index (χ3n) is 5.76. The number of hydrogen-bond donors (Lipinski definition) is 0. The summed E-state index contributed by atoms with van der Waals surface area (Å²) in [6, 6.07) is 6.56. The Hall–Kier alpha value is -2.63. The van der Waals surface area contributed by atoms with E-state index in [9.17, 15) is 22.8 Å². The minimum atomic E-state index is -4.68. The van der Waals surface area contributed by atoms with Gasteiger partial charge in [-0.05, 0) is 35.9 Å². The summed E-state index contributed by atoms with van der Waals surface area (Å²) in [4.78, 5) is 27.9. The Labute approximate surface area is 209 Å². The third-order valence-corrected chi connectivity index (χ3v) is 5.99. The van der Waals surface area contributed by atoms with Crippen LogP contribution in [0.2, 0.25) is 0 Å². The maximum Gasteiger partial charge on any atom is 0.522 e. The first-order chi connectivity index (χ1) is 16.5. The molecular weight excluding hydrogens is 533 g/mol. The summed E-state index contributed by atoms with van der Waals surface area (Å²) in [5.41, 5.74) is 1.17.